The Kier molecular flexibility index (Phi) is 4.31. The van der Waals surface area contributed by atoms with Gasteiger partial charge in [0.2, 0.25) is 0 Å². The number of ether oxygens (including phenoxy) is 3. The second kappa shape index (κ2) is 5.79. The molecule has 0 aliphatic carbocycles. The molecule has 1 aromatic carbocycles. The normalized spacial score (nSPS) is 16.8. The van der Waals surface area contributed by atoms with E-state index in [0.29, 0.717) is 31.1 Å². The fraction of sp³-hybridized carbons (Fsp3) is 0.538. The van der Waals surface area contributed by atoms with Crippen LogP contribution in [-0.2, 0) is 15.7 Å². The Morgan fingerprint density at radius 2 is 1.95 bits per heavy atom. The molecular weight excluding hydrogens is 261 g/mol. The zero-order valence-corrected chi connectivity index (χ0v) is 10.5. The van der Waals surface area contributed by atoms with Crippen molar-refractivity contribution in [2.75, 3.05) is 19.8 Å². The fourth-order valence-electron chi connectivity index (χ4n) is 1.79. The Bertz CT molecular complexity index is 426. The molecule has 0 N–H and O–H groups in total. The van der Waals surface area contributed by atoms with Gasteiger partial charge in [0.05, 0.1) is 30.9 Å². The van der Waals surface area contributed by atoms with Crippen LogP contribution in [0.2, 0.25) is 0 Å². The molecule has 0 spiro atoms. The molecule has 1 fully saturated rings. The molecule has 0 atom stereocenters. The number of alkyl halides is 3. The molecule has 1 saturated heterocycles. The standard InChI is InChI=1S/C13H15F3O3/c1-2-5-17-11-4-3-9(13(14,15)16)8-10(11)12-18-6-7-19-12/h3-4,8,12H,2,5-7H2,1H3. The van der Waals surface area contributed by atoms with E-state index < -0.39 is 18.0 Å². The average molecular weight is 276 g/mol. The van der Waals surface area contributed by atoms with Gasteiger partial charge in [-0.3, -0.25) is 0 Å². The van der Waals surface area contributed by atoms with Gasteiger partial charge in [-0.2, -0.15) is 13.2 Å². The van der Waals surface area contributed by atoms with Crippen LogP contribution in [0.1, 0.15) is 30.8 Å². The Hall–Kier alpha value is -1.27. The van der Waals surface area contributed by atoms with Crippen molar-refractivity contribution in [1.82, 2.24) is 0 Å². The zero-order chi connectivity index (χ0) is 13.9. The summed E-state index contributed by atoms with van der Waals surface area (Å²) in [6, 6.07) is 3.35. The van der Waals surface area contributed by atoms with Crippen LogP contribution in [-0.4, -0.2) is 19.8 Å². The summed E-state index contributed by atoms with van der Waals surface area (Å²) in [5.74, 6) is 0.377. The van der Waals surface area contributed by atoms with E-state index in [9.17, 15) is 13.2 Å². The lowest BCUT2D eigenvalue weighted by Crippen LogP contribution is -2.09. The molecule has 19 heavy (non-hydrogen) atoms. The second-order valence-corrected chi connectivity index (χ2v) is 4.17. The molecular formula is C13H15F3O3. The van der Waals surface area contributed by atoms with Crippen LogP contribution in [0.4, 0.5) is 13.2 Å². The molecule has 0 amide bonds. The highest BCUT2D eigenvalue weighted by atomic mass is 19.4. The van der Waals surface area contributed by atoms with Crippen molar-refractivity contribution in [2.24, 2.45) is 0 Å². The SMILES string of the molecule is CCCOc1ccc(C(F)(F)F)cc1C1OCCO1. The van der Waals surface area contributed by atoms with E-state index in [1.165, 1.54) is 6.07 Å². The predicted octanol–water partition coefficient (Wildman–Crippen LogP) is 3.54. The minimum absolute atomic E-state index is 0.292. The summed E-state index contributed by atoms with van der Waals surface area (Å²) >= 11 is 0. The van der Waals surface area contributed by atoms with E-state index in [0.717, 1.165) is 18.6 Å². The first-order valence-electron chi connectivity index (χ1n) is 6.09. The van der Waals surface area contributed by atoms with E-state index in [1.54, 1.807) is 0 Å². The van der Waals surface area contributed by atoms with Gasteiger partial charge in [-0.05, 0) is 24.6 Å². The van der Waals surface area contributed by atoms with Crippen molar-refractivity contribution in [2.45, 2.75) is 25.8 Å². The third-order valence-electron chi connectivity index (χ3n) is 2.67. The van der Waals surface area contributed by atoms with Crippen LogP contribution in [0.3, 0.4) is 0 Å². The lowest BCUT2D eigenvalue weighted by molar-refractivity contribution is -0.137. The molecule has 1 heterocycles. The van der Waals surface area contributed by atoms with Gasteiger partial charge in [-0.15, -0.1) is 0 Å². The Morgan fingerprint density at radius 1 is 1.26 bits per heavy atom. The second-order valence-electron chi connectivity index (χ2n) is 4.17. The fourth-order valence-corrected chi connectivity index (χ4v) is 1.79. The van der Waals surface area contributed by atoms with Crippen molar-refractivity contribution in [3.63, 3.8) is 0 Å². The predicted molar refractivity (Wildman–Crippen MR) is 61.9 cm³/mol. The summed E-state index contributed by atoms with van der Waals surface area (Å²) < 4.78 is 54.1. The van der Waals surface area contributed by atoms with Crippen molar-refractivity contribution >= 4 is 0 Å². The Labute approximate surface area is 109 Å². The van der Waals surface area contributed by atoms with E-state index in [-0.39, 0.29) is 0 Å². The van der Waals surface area contributed by atoms with Gasteiger partial charge < -0.3 is 14.2 Å². The first-order valence-corrected chi connectivity index (χ1v) is 6.09. The topological polar surface area (TPSA) is 27.7 Å². The minimum atomic E-state index is -4.39. The lowest BCUT2D eigenvalue weighted by Gasteiger charge is -2.17. The minimum Gasteiger partial charge on any atom is -0.493 e. The smallest absolute Gasteiger partial charge is 0.416 e. The highest BCUT2D eigenvalue weighted by Crippen LogP contribution is 2.37. The van der Waals surface area contributed by atoms with E-state index in [2.05, 4.69) is 0 Å². The van der Waals surface area contributed by atoms with Crippen molar-refractivity contribution in [3.05, 3.63) is 29.3 Å². The van der Waals surface area contributed by atoms with Crippen LogP contribution in [0.15, 0.2) is 18.2 Å². The van der Waals surface area contributed by atoms with Gasteiger partial charge in [0.25, 0.3) is 0 Å². The molecule has 0 aromatic heterocycles. The van der Waals surface area contributed by atoms with Crippen LogP contribution < -0.4 is 4.74 Å². The largest absolute Gasteiger partial charge is 0.493 e. The van der Waals surface area contributed by atoms with Gasteiger partial charge >= 0.3 is 6.18 Å². The molecule has 0 unspecified atom stereocenters. The molecule has 0 saturated carbocycles. The highest BCUT2D eigenvalue weighted by Gasteiger charge is 2.33. The third kappa shape index (κ3) is 3.39. The number of halogens is 3. The van der Waals surface area contributed by atoms with Gasteiger partial charge in [-0.1, -0.05) is 6.92 Å². The van der Waals surface area contributed by atoms with E-state index >= 15 is 0 Å². The van der Waals surface area contributed by atoms with E-state index in [4.69, 9.17) is 14.2 Å². The van der Waals surface area contributed by atoms with Crippen molar-refractivity contribution in [3.8, 4) is 5.75 Å². The number of hydrogen-bond acceptors (Lipinski definition) is 3. The molecule has 0 bridgehead atoms. The molecule has 2 rings (SSSR count). The molecule has 1 aromatic rings. The van der Waals surface area contributed by atoms with Crippen LogP contribution in [0.25, 0.3) is 0 Å². The summed E-state index contributed by atoms with van der Waals surface area (Å²) in [6.07, 6.45) is -4.40. The summed E-state index contributed by atoms with van der Waals surface area (Å²) in [5.41, 5.74) is -0.439. The summed E-state index contributed by atoms with van der Waals surface area (Å²) in [7, 11) is 0. The first-order chi connectivity index (χ1) is 9.02. The summed E-state index contributed by atoms with van der Waals surface area (Å²) in [5, 5.41) is 0. The quantitative estimate of drug-likeness (QED) is 0.841. The maximum atomic E-state index is 12.7. The van der Waals surface area contributed by atoms with Crippen LogP contribution in [0.5, 0.6) is 5.75 Å². The number of hydrogen-bond donors (Lipinski definition) is 0. The monoisotopic (exact) mass is 276 g/mol. The molecule has 0 radical (unpaired) electrons. The van der Waals surface area contributed by atoms with Gasteiger partial charge in [0, 0.05) is 0 Å². The molecule has 1 aliphatic heterocycles. The molecule has 106 valence electrons. The van der Waals surface area contributed by atoms with Gasteiger partial charge in [0.1, 0.15) is 5.75 Å². The van der Waals surface area contributed by atoms with Gasteiger partial charge in [0.15, 0.2) is 6.29 Å². The third-order valence-corrected chi connectivity index (χ3v) is 2.67. The van der Waals surface area contributed by atoms with Crippen molar-refractivity contribution < 1.29 is 27.4 Å². The van der Waals surface area contributed by atoms with Crippen molar-refractivity contribution in [1.29, 1.82) is 0 Å². The molecule has 1 aliphatic rings. The highest BCUT2D eigenvalue weighted by molar-refractivity contribution is 5.39. The molecule has 3 nitrogen and oxygen atoms in total. The summed E-state index contributed by atoms with van der Waals surface area (Å²) in [6.45, 7) is 3.10. The Balaban J connectivity index is 2.32. The maximum Gasteiger partial charge on any atom is 0.416 e. The molecule has 6 heteroatoms. The van der Waals surface area contributed by atoms with Gasteiger partial charge in [-0.25, -0.2) is 0 Å². The Morgan fingerprint density at radius 3 is 2.53 bits per heavy atom. The maximum absolute atomic E-state index is 12.7. The first kappa shape index (κ1) is 14.1. The number of benzene rings is 1. The van der Waals surface area contributed by atoms with Crippen LogP contribution in [0, 0.1) is 0 Å². The van der Waals surface area contributed by atoms with Crippen LogP contribution >= 0.6 is 0 Å². The summed E-state index contributed by atoms with van der Waals surface area (Å²) in [4.78, 5) is 0. The zero-order valence-electron chi connectivity index (χ0n) is 10.5. The number of rotatable bonds is 4. The average Bonchev–Trinajstić information content (AvgIpc) is 2.88. The lowest BCUT2D eigenvalue weighted by atomic mass is 10.1. The van der Waals surface area contributed by atoms with E-state index in [1.807, 2.05) is 6.92 Å².